The standard InChI is InChI=1S/C25H17NO5S2/c1-29-18-9-7-17(8-10-18)26-24(27)30-19-13-21(23-22(14-19)33-25(28)31-23)32-20-11-6-15-4-2-3-5-16(15)12-20/h2-14H,1H3,(H,26,27). The molecule has 5 rings (SSSR count). The van der Waals surface area contributed by atoms with Crippen LogP contribution in [-0.4, -0.2) is 13.2 Å². The molecule has 0 saturated heterocycles. The average molecular weight is 476 g/mol. The van der Waals surface area contributed by atoms with Crippen LogP contribution in [-0.2, 0) is 0 Å². The molecule has 8 heteroatoms. The monoisotopic (exact) mass is 475 g/mol. The predicted molar refractivity (Wildman–Crippen MR) is 131 cm³/mol. The van der Waals surface area contributed by atoms with Crippen molar-refractivity contribution in [3.05, 3.63) is 88.6 Å². The first-order valence-electron chi connectivity index (χ1n) is 9.95. The van der Waals surface area contributed by atoms with Gasteiger partial charge in [-0.2, -0.15) is 0 Å². The molecule has 1 heterocycles. The topological polar surface area (TPSA) is 77.8 Å². The molecule has 0 fully saturated rings. The van der Waals surface area contributed by atoms with Crippen molar-refractivity contribution in [3.63, 3.8) is 0 Å². The first-order valence-corrected chi connectivity index (χ1v) is 11.6. The summed E-state index contributed by atoms with van der Waals surface area (Å²) in [7, 11) is 1.57. The lowest BCUT2D eigenvalue weighted by atomic mass is 10.1. The largest absolute Gasteiger partial charge is 0.497 e. The van der Waals surface area contributed by atoms with E-state index >= 15 is 0 Å². The van der Waals surface area contributed by atoms with E-state index < -0.39 is 11.0 Å². The average Bonchev–Trinajstić information content (AvgIpc) is 3.20. The summed E-state index contributed by atoms with van der Waals surface area (Å²) >= 11 is 2.41. The van der Waals surface area contributed by atoms with Gasteiger partial charge in [0.05, 0.1) is 16.7 Å². The van der Waals surface area contributed by atoms with Crippen LogP contribution in [0.3, 0.4) is 0 Å². The third-order valence-electron chi connectivity index (χ3n) is 4.87. The number of carbonyl (C=O) groups excluding carboxylic acids is 1. The van der Waals surface area contributed by atoms with Gasteiger partial charge in [-0.15, -0.1) is 0 Å². The molecule has 164 valence electrons. The number of methoxy groups -OCH3 is 1. The Morgan fingerprint density at radius 2 is 1.73 bits per heavy atom. The summed E-state index contributed by atoms with van der Waals surface area (Å²) < 4.78 is 16.6. The number of amides is 1. The Labute approximate surface area is 196 Å². The minimum Gasteiger partial charge on any atom is -0.497 e. The van der Waals surface area contributed by atoms with Crippen LogP contribution in [0.4, 0.5) is 10.5 Å². The highest BCUT2D eigenvalue weighted by molar-refractivity contribution is 7.99. The lowest BCUT2D eigenvalue weighted by molar-refractivity contribution is 0.215. The Balaban J connectivity index is 1.42. The number of nitrogens with one attached hydrogen (secondary N) is 1. The van der Waals surface area contributed by atoms with Gasteiger partial charge in [0.15, 0.2) is 5.58 Å². The Bertz CT molecular complexity index is 1520. The van der Waals surface area contributed by atoms with Crippen LogP contribution in [0.25, 0.3) is 21.1 Å². The number of hydrogen-bond acceptors (Lipinski definition) is 7. The lowest BCUT2D eigenvalue weighted by Crippen LogP contribution is -2.16. The van der Waals surface area contributed by atoms with Crippen LogP contribution < -0.4 is 19.7 Å². The summed E-state index contributed by atoms with van der Waals surface area (Å²) in [5, 5.41) is 4.93. The van der Waals surface area contributed by atoms with E-state index in [0.29, 0.717) is 32.4 Å². The second kappa shape index (κ2) is 9.01. The van der Waals surface area contributed by atoms with Gasteiger partial charge in [0.2, 0.25) is 0 Å². The first kappa shape index (κ1) is 21.1. The fraction of sp³-hybridized carbons (Fsp3) is 0.0400. The number of benzene rings is 4. The Morgan fingerprint density at radius 1 is 0.939 bits per heavy atom. The van der Waals surface area contributed by atoms with Crippen molar-refractivity contribution in [1.82, 2.24) is 0 Å². The van der Waals surface area contributed by atoms with E-state index in [-0.39, 0.29) is 0 Å². The highest BCUT2D eigenvalue weighted by Crippen LogP contribution is 2.38. The van der Waals surface area contributed by atoms with E-state index in [0.717, 1.165) is 27.0 Å². The lowest BCUT2D eigenvalue weighted by Gasteiger charge is -2.09. The summed E-state index contributed by atoms with van der Waals surface area (Å²) in [5.74, 6) is 0.999. The third-order valence-corrected chi connectivity index (χ3v) is 6.65. The number of fused-ring (bicyclic) bond motifs is 2. The summed E-state index contributed by atoms with van der Waals surface area (Å²) in [5.41, 5.74) is 1.05. The molecule has 0 spiro atoms. The van der Waals surface area contributed by atoms with Crippen LogP contribution in [0, 0.1) is 0 Å². The van der Waals surface area contributed by atoms with Gasteiger partial charge in [0.1, 0.15) is 11.5 Å². The normalized spacial score (nSPS) is 10.9. The van der Waals surface area contributed by atoms with Gasteiger partial charge < -0.3 is 13.9 Å². The minimum absolute atomic E-state index is 0.314. The predicted octanol–water partition coefficient (Wildman–Crippen LogP) is 6.78. The second-order valence-corrected chi connectivity index (χ2v) is 9.15. The molecule has 0 saturated carbocycles. The maximum Gasteiger partial charge on any atom is 0.417 e. The van der Waals surface area contributed by atoms with Crippen molar-refractivity contribution in [2.24, 2.45) is 0 Å². The van der Waals surface area contributed by atoms with Crippen molar-refractivity contribution in [1.29, 1.82) is 0 Å². The zero-order chi connectivity index (χ0) is 22.8. The van der Waals surface area contributed by atoms with Crippen LogP contribution in [0.15, 0.2) is 97.9 Å². The van der Waals surface area contributed by atoms with Gasteiger partial charge in [-0.1, -0.05) is 53.4 Å². The van der Waals surface area contributed by atoms with Crippen LogP contribution in [0.1, 0.15) is 0 Å². The van der Waals surface area contributed by atoms with Crippen LogP contribution in [0.2, 0.25) is 0 Å². The van der Waals surface area contributed by atoms with Gasteiger partial charge >= 0.3 is 11.0 Å². The van der Waals surface area contributed by atoms with E-state index in [1.54, 1.807) is 43.5 Å². The fourth-order valence-electron chi connectivity index (χ4n) is 3.34. The molecular formula is C25H17NO5S2. The second-order valence-electron chi connectivity index (χ2n) is 7.06. The van der Waals surface area contributed by atoms with E-state index in [1.165, 1.54) is 11.8 Å². The molecule has 0 atom stereocenters. The summed E-state index contributed by atoms with van der Waals surface area (Å²) in [6.07, 6.45) is -0.642. The molecule has 1 aromatic heterocycles. The highest BCUT2D eigenvalue weighted by atomic mass is 32.2. The van der Waals surface area contributed by atoms with E-state index in [9.17, 15) is 9.59 Å². The van der Waals surface area contributed by atoms with Gasteiger partial charge in [-0.3, -0.25) is 5.32 Å². The Kier molecular flexibility index (Phi) is 5.77. The van der Waals surface area contributed by atoms with Gasteiger partial charge in [-0.05, 0) is 53.2 Å². The molecule has 0 radical (unpaired) electrons. The molecule has 0 aliphatic carbocycles. The van der Waals surface area contributed by atoms with Crippen molar-refractivity contribution < 1.29 is 18.7 Å². The molecule has 5 aromatic rings. The molecule has 1 amide bonds. The number of anilines is 1. The SMILES string of the molecule is COc1ccc(NC(=O)Oc2cc(Sc3ccc4ccccc4c3)c3oc(=O)sc3c2)cc1. The number of carbonyl (C=O) groups is 1. The quantitative estimate of drug-likeness (QED) is 0.302. The van der Waals surface area contributed by atoms with E-state index in [2.05, 4.69) is 17.4 Å². The van der Waals surface area contributed by atoms with E-state index in [1.807, 2.05) is 30.3 Å². The molecule has 0 unspecified atom stereocenters. The van der Waals surface area contributed by atoms with Crippen molar-refractivity contribution in [2.45, 2.75) is 9.79 Å². The van der Waals surface area contributed by atoms with Crippen LogP contribution in [0.5, 0.6) is 11.5 Å². The molecule has 4 aromatic carbocycles. The van der Waals surface area contributed by atoms with Crippen molar-refractivity contribution in [2.75, 3.05) is 12.4 Å². The van der Waals surface area contributed by atoms with E-state index in [4.69, 9.17) is 13.9 Å². The first-order chi connectivity index (χ1) is 16.1. The van der Waals surface area contributed by atoms with Crippen molar-refractivity contribution in [3.8, 4) is 11.5 Å². The summed E-state index contributed by atoms with van der Waals surface area (Å²) in [6, 6.07) is 24.4. The Hall–Kier alpha value is -3.75. The third kappa shape index (κ3) is 4.72. The van der Waals surface area contributed by atoms with Crippen molar-refractivity contribution >= 4 is 55.9 Å². The minimum atomic E-state index is -0.642. The maximum atomic E-state index is 12.4. The number of rotatable bonds is 5. The smallest absolute Gasteiger partial charge is 0.417 e. The van der Waals surface area contributed by atoms with Gasteiger partial charge in [0, 0.05) is 16.6 Å². The zero-order valence-corrected chi connectivity index (χ0v) is 19.0. The zero-order valence-electron chi connectivity index (χ0n) is 17.4. The molecule has 6 nitrogen and oxygen atoms in total. The molecule has 1 N–H and O–H groups in total. The summed E-state index contributed by atoms with van der Waals surface area (Å²) in [6.45, 7) is 0. The van der Waals surface area contributed by atoms with Gasteiger partial charge in [0.25, 0.3) is 0 Å². The van der Waals surface area contributed by atoms with Crippen LogP contribution >= 0.6 is 23.1 Å². The molecule has 33 heavy (non-hydrogen) atoms. The molecular weight excluding hydrogens is 458 g/mol. The molecule has 0 bridgehead atoms. The molecule has 0 aliphatic heterocycles. The number of ether oxygens (including phenoxy) is 2. The number of hydrogen-bond donors (Lipinski definition) is 1. The highest BCUT2D eigenvalue weighted by Gasteiger charge is 2.15. The summed E-state index contributed by atoms with van der Waals surface area (Å²) in [4.78, 5) is 25.6. The maximum absolute atomic E-state index is 12.4. The van der Waals surface area contributed by atoms with Gasteiger partial charge in [-0.25, -0.2) is 9.59 Å². The molecule has 0 aliphatic rings. The fourth-order valence-corrected chi connectivity index (χ4v) is 5.12. The Morgan fingerprint density at radius 3 is 2.52 bits per heavy atom.